The van der Waals surface area contributed by atoms with E-state index < -0.39 is 60.3 Å². The Morgan fingerprint density at radius 1 is 0.828 bits per heavy atom. The highest BCUT2D eigenvalue weighted by Crippen LogP contribution is 2.65. The van der Waals surface area contributed by atoms with Gasteiger partial charge < -0.3 is 28.8 Å². The van der Waals surface area contributed by atoms with Crippen molar-refractivity contribution in [1.29, 1.82) is 0 Å². The molecule has 13 nitrogen and oxygen atoms in total. The molecule has 16 heteroatoms. The molecule has 2 aliphatic heterocycles. The summed E-state index contributed by atoms with van der Waals surface area (Å²) >= 11 is 0.908. The summed E-state index contributed by atoms with van der Waals surface area (Å²) in [6, 6.07) is 33.3. The number of hydrogen-bond donors (Lipinski definition) is 2. The third-order valence-corrected chi connectivity index (χ3v) is 13.7. The van der Waals surface area contributed by atoms with Crippen molar-refractivity contribution in [3.05, 3.63) is 158 Å². The molecule has 58 heavy (non-hydrogen) atoms. The largest absolute Gasteiger partial charge is 0.497 e. The highest BCUT2D eigenvalue weighted by atomic mass is 32.7. The van der Waals surface area contributed by atoms with Gasteiger partial charge in [-0.3, -0.25) is 23.4 Å². The normalized spacial score (nSPS) is 23.0. The van der Waals surface area contributed by atoms with Crippen LogP contribution >= 0.6 is 18.2 Å². The van der Waals surface area contributed by atoms with Gasteiger partial charge in [-0.25, -0.2) is 9.36 Å². The lowest BCUT2D eigenvalue weighted by Gasteiger charge is -2.37. The fourth-order valence-corrected chi connectivity index (χ4v) is 10.7. The number of methoxy groups -OCH3 is 2. The number of ether oxygens (including phenoxy) is 5. The molecule has 2 aliphatic rings. The van der Waals surface area contributed by atoms with E-state index in [1.165, 1.54) is 10.8 Å². The monoisotopic (exact) mass is 826 g/mol. The minimum Gasteiger partial charge on any atom is -0.497 e. The first-order chi connectivity index (χ1) is 28.0. The number of aryl methyl sites for hydroxylation is 1. The number of nitrogens with zero attached hydrogens (tertiary/aromatic N) is 1. The fraction of sp³-hybridized carbons (Fsp3) is 0.333. The molecule has 2 N–H and O–H groups in total. The molecule has 2 saturated heterocycles. The van der Waals surface area contributed by atoms with Crippen LogP contribution in [0.25, 0.3) is 0 Å². The number of aliphatic hydroxyl groups excluding tert-OH is 1. The lowest BCUT2D eigenvalue weighted by atomic mass is 9.80. The number of H-pyrrole nitrogens is 1. The maximum atomic E-state index is 14.9. The van der Waals surface area contributed by atoms with Gasteiger partial charge >= 0.3 is 12.5 Å². The highest BCUT2D eigenvalue weighted by molar-refractivity contribution is 8.55. The molecule has 7 rings (SSSR count). The summed E-state index contributed by atoms with van der Waals surface area (Å²) in [6.45, 7) is -2.93. The van der Waals surface area contributed by atoms with Gasteiger partial charge in [-0.2, -0.15) is 0 Å². The van der Waals surface area contributed by atoms with E-state index in [1.54, 1.807) is 45.4 Å². The third kappa shape index (κ3) is 9.22. The molecule has 2 radical (unpaired) electrons. The summed E-state index contributed by atoms with van der Waals surface area (Å²) in [5.74, 6) is 1.36. The van der Waals surface area contributed by atoms with Crippen molar-refractivity contribution in [2.45, 2.75) is 66.9 Å². The predicted molar refractivity (Wildman–Crippen MR) is 219 cm³/mol. The Morgan fingerprint density at radius 3 is 2.02 bits per heavy atom. The van der Waals surface area contributed by atoms with E-state index in [2.05, 4.69) is 4.98 Å². The van der Waals surface area contributed by atoms with E-state index in [9.17, 15) is 19.3 Å². The first-order valence-corrected chi connectivity index (χ1v) is 21.7. The van der Waals surface area contributed by atoms with Crippen molar-refractivity contribution < 1.29 is 42.4 Å². The molecule has 3 heterocycles. The molecule has 5 aromatic rings. The smallest absolute Gasteiger partial charge is 0.394 e. The van der Waals surface area contributed by atoms with Crippen molar-refractivity contribution in [2.75, 3.05) is 27.4 Å². The molecular formula is C42H44BN2O11PS. The van der Waals surface area contributed by atoms with Crippen LogP contribution in [0.2, 0.25) is 0 Å². The zero-order valence-corrected chi connectivity index (χ0v) is 33.9. The van der Waals surface area contributed by atoms with Crippen LogP contribution in [0.15, 0.2) is 130 Å². The summed E-state index contributed by atoms with van der Waals surface area (Å²) in [5, 5.41) is 11.0. The van der Waals surface area contributed by atoms with Gasteiger partial charge in [0.2, 0.25) is 0 Å². The van der Waals surface area contributed by atoms with Crippen LogP contribution in [0.5, 0.6) is 11.5 Å². The van der Waals surface area contributed by atoms with Crippen molar-refractivity contribution in [3.63, 3.8) is 0 Å². The van der Waals surface area contributed by atoms with E-state index in [0.717, 1.165) is 28.1 Å². The number of aromatic nitrogens is 2. The van der Waals surface area contributed by atoms with Gasteiger partial charge in [0.1, 0.15) is 43.4 Å². The number of rotatable bonds is 16. The molecule has 0 amide bonds. The molecule has 0 bridgehead atoms. The summed E-state index contributed by atoms with van der Waals surface area (Å²) < 4.78 is 58.9. The second-order valence-electron chi connectivity index (χ2n) is 14.0. The molecule has 0 saturated carbocycles. The van der Waals surface area contributed by atoms with Gasteiger partial charge in [0, 0.05) is 29.1 Å². The minimum absolute atomic E-state index is 0.0344. The summed E-state index contributed by atoms with van der Waals surface area (Å²) in [5.41, 5.74) is 0.409. The van der Waals surface area contributed by atoms with E-state index in [-0.39, 0.29) is 26.1 Å². The molecule has 302 valence electrons. The zero-order chi connectivity index (χ0) is 40.9. The number of aliphatic hydroxyl groups is 1. The van der Waals surface area contributed by atoms with E-state index >= 15 is 0 Å². The van der Waals surface area contributed by atoms with Gasteiger partial charge in [0.25, 0.3) is 5.56 Å². The second-order valence-corrected chi connectivity index (χ2v) is 17.9. The van der Waals surface area contributed by atoms with E-state index in [1.807, 2.05) is 84.9 Å². The molecule has 1 unspecified atom stereocenters. The number of hydrogen-bond acceptors (Lipinski definition) is 12. The van der Waals surface area contributed by atoms with Crippen molar-refractivity contribution in [2.24, 2.45) is 0 Å². The topological polar surface area (TPSA) is 157 Å². The maximum Gasteiger partial charge on any atom is 0.394 e. The van der Waals surface area contributed by atoms with Gasteiger partial charge in [-0.05, 0) is 77.8 Å². The number of nitrogens with one attached hydrogen (secondary N) is 1. The predicted octanol–water partition coefficient (Wildman–Crippen LogP) is 6.11. The van der Waals surface area contributed by atoms with Crippen LogP contribution in [0, 0.1) is 6.92 Å². The van der Waals surface area contributed by atoms with Crippen LogP contribution < -0.4 is 20.7 Å². The van der Waals surface area contributed by atoms with Crippen molar-refractivity contribution in [3.8, 4) is 11.5 Å². The Labute approximate surface area is 341 Å². The summed E-state index contributed by atoms with van der Waals surface area (Å²) in [4.78, 5) is 27.4. The van der Waals surface area contributed by atoms with Crippen molar-refractivity contribution >= 4 is 26.0 Å². The summed E-state index contributed by atoms with van der Waals surface area (Å²) in [7, 11) is 9.61. The first-order valence-electron chi connectivity index (χ1n) is 18.7. The molecule has 2 fully saturated rings. The molecule has 0 aliphatic carbocycles. The SMILES string of the molecule is [B][C@H]1C[C@@H](OP(=O)(OC[C@H]2O[C@@H](n3cc(C)c(=O)[nH]c3=O)C[C@H]2O)Sc2ccccc2)[C@@H](COC(c2ccccc2)(c2ccc(OC)cc2)c2ccc(OC)cc2)O1. The second kappa shape index (κ2) is 18.2. The Hall–Kier alpha value is -4.44. The van der Waals surface area contributed by atoms with Crippen LogP contribution in [0.3, 0.4) is 0 Å². The van der Waals surface area contributed by atoms with E-state index in [0.29, 0.717) is 22.0 Å². The van der Waals surface area contributed by atoms with Gasteiger partial charge in [-0.15, -0.1) is 0 Å². The lowest BCUT2D eigenvalue weighted by Crippen LogP contribution is -2.38. The van der Waals surface area contributed by atoms with Crippen LogP contribution in [-0.4, -0.2) is 80.4 Å². The Kier molecular flexibility index (Phi) is 13.1. The van der Waals surface area contributed by atoms with Crippen molar-refractivity contribution in [1.82, 2.24) is 9.55 Å². The van der Waals surface area contributed by atoms with Crippen LogP contribution in [-0.2, 0) is 33.4 Å². The first kappa shape index (κ1) is 41.7. The molecule has 0 spiro atoms. The minimum atomic E-state index is -4.12. The average Bonchev–Trinajstić information content (AvgIpc) is 3.79. The lowest BCUT2D eigenvalue weighted by molar-refractivity contribution is -0.0726. The third-order valence-electron chi connectivity index (χ3n) is 10.1. The zero-order valence-electron chi connectivity index (χ0n) is 32.2. The standard InChI is InChI=1S/C42H44BN2O11PS/c1-27-24-45(41(48)44-40(27)47)39-22-34(46)36(55-39)26-53-57(49,58-33-12-8-5-9-13-33)56-35-23-38(43)54-37(35)25-52-42(28-10-6-4-7-11-28,29-14-18-31(50-2)19-15-29)30-16-20-32(51-3)21-17-30/h4-21,24,34-39,46H,22-23,25-26H2,1-3H3,(H,44,47,48)/t34-,35-,36-,37-,38-,39-,57?/m1/s1. The van der Waals surface area contributed by atoms with Crippen LogP contribution in [0.4, 0.5) is 0 Å². The van der Waals surface area contributed by atoms with Gasteiger partial charge in [-0.1, -0.05) is 72.8 Å². The molecule has 4 aromatic carbocycles. The molecule has 7 atom stereocenters. The maximum absolute atomic E-state index is 14.9. The number of benzene rings is 4. The Morgan fingerprint density at radius 2 is 1.41 bits per heavy atom. The van der Waals surface area contributed by atoms with Gasteiger partial charge in [0.05, 0.1) is 39.6 Å². The molecular weight excluding hydrogens is 782 g/mol. The Bertz CT molecular complexity index is 2250. The molecule has 1 aromatic heterocycles. The quantitative estimate of drug-likeness (QED) is 0.0670. The fourth-order valence-electron chi connectivity index (χ4n) is 7.14. The summed E-state index contributed by atoms with van der Waals surface area (Å²) in [6.07, 6.45) is -2.99. The van der Waals surface area contributed by atoms with E-state index in [4.69, 9.17) is 40.6 Å². The average molecular weight is 827 g/mol. The number of aromatic amines is 1. The highest BCUT2D eigenvalue weighted by Gasteiger charge is 2.45. The van der Waals surface area contributed by atoms with Gasteiger partial charge in [0.15, 0.2) is 0 Å². The Balaban J connectivity index is 1.16. The van der Waals surface area contributed by atoms with Crippen LogP contribution in [0.1, 0.15) is 41.3 Å².